The molecule has 0 spiro atoms. The summed E-state index contributed by atoms with van der Waals surface area (Å²) in [6.45, 7) is 0. The van der Waals surface area contributed by atoms with Crippen LogP contribution in [-0.2, 0) is 0 Å². The van der Waals surface area contributed by atoms with E-state index in [2.05, 4.69) is 36.4 Å². The maximum Gasteiger partial charge on any atom is 0.138 e. The van der Waals surface area contributed by atoms with Crippen molar-refractivity contribution in [3.63, 3.8) is 0 Å². The number of hydrogen-bond donors (Lipinski definition) is 0. The molecule has 0 saturated heterocycles. The van der Waals surface area contributed by atoms with Crippen LogP contribution in [0.15, 0.2) is 103 Å². The number of halogens is 1. The van der Waals surface area contributed by atoms with Crippen LogP contribution in [0.5, 0.6) is 0 Å². The fourth-order valence-electron chi connectivity index (χ4n) is 3.87. The molecule has 0 bridgehead atoms. The van der Waals surface area contributed by atoms with Gasteiger partial charge in [-0.15, -0.1) is 0 Å². The Morgan fingerprint density at radius 2 is 0.741 bits per heavy atom. The second kappa shape index (κ2) is 6.37. The summed E-state index contributed by atoms with van der Waals surface area (Å²) in [4.78, 5) is 0. The predicted octanol–water partition coefficient (Wildman–Crippen LogP) is 7.47. The van der Waals surface area contributed by atoms with E-state index >= 15 is 4.39 Å². The maximum atomic E-state index is 15.7. The molecule has 0 aliphatic heterocycles. The highest BCUT2D eigenvalue weighted by atomic mass is 19.1. The molecule has 128 valence electrons. The molecule has 5 aromatic rings. The largest absolute Gasteiger partial charge is 0.206 e. The zero-order valence-corrected chi connectivity index (χ0v) is 14.7. The molecule has 0 aliphatic rings. The Morgan fingerprint density at radius 3 is 1.26 bits per heavy atom. The minimum atomic E-state index is -0.176. The lowest BCUT2D eigenvalue weighted by Gasteiger charge is -2.13. The highest BCUT2D eigenvalue weighted by molar-refractivity contribution is 6.00. The van der Waals surface area contributed by atoms with Crippen LogP contribution in [0.2, 0.25) is 0 Å². The molecular formula is C26H17F. The molecule has 0 fully saturated rings. The monoisotopic (exact) mass is 348 g/mol. The molecule has 0 aromatic heterocycles. The third-order valence-electron chi connectivity index (χ3n) is 5.16. The van der Waals surface area contributed by atoms with Gasteiger partial charge in [-0.2, -0.15) is 0 Å². The molecule has 1 heteroatoms. The Hall–Kier alpha value is -3.45. The smallest absolute Gasteiger partial charge is 0.138 e. The molecule has 27 heavy (non-hydrogen) atoms. The van der Waals surface area contributed by atoms with Gasteiger partial charge in [0.1, 0.15) is 5.82 Å². The molecule has 0 unspecified atom stereocenters. The van der Waals surface area contributed by atoms with Crippen molar-refractivity contribution in [2.24, 2.45) is 0 Å². The quantitative estimate of drug-likeness (QED) is 0.310. The van der Waals surface area contributed by atoms with E-state index in [9.17, 15) is 0 Å². The van der Waals surface area contributed by atoms with Crippen LogP contribution in [0.1, 0.15) is 0 Å². The van der Waals surface area contributed by atoms with Crippen LogP contribution in [0.3, 0.4) is 0 Å². The standard InChI is InChI=1S/C26H17F/c27-26-24(22-14-5-10-18-8-1-3-12-20(18)22)16-7-17-25(26)23-15-6-11-19-9-2-4-13-21(19)23/h1-17H. The van der Waals surface area contributed by atoms with Gasteiger partial charge in [-0.3, -0.25) is 0 Å². The number of rotatable bonds is 2. The van der Waals surface area contributed by atoms with E-state index in [4.69, 9.17) is 0 Å². The molecule has 0 heterocycles. The fraction of sp³-hybridized carbons (Fsp3) is 0. The lowest BCUT2D eigenvalue weighted by Crippen LogP contribution is -1.91. The Labute approximate surface area is 157 Å². The summed E-state index contributed by atoms with van der Waals surface area (Å²) in [5.74, 6) is -0.176. The number of hydrogen-bond acceptors (Lipinski definition) is 0. The van der Waals surface area contributed by atoms with Crippen LogP contribution in [0.4, 0.5) is 4.39 Å². The maximum absolute atomic E-state index is 15.7. The van der Waals surface area contributed by atoms with Crippen molar-refractivity contribution >= 4 is 21.5 Å². The van der Waals surface area contributed by atoms with E-state index < -0.39 is 0 Å². The molecule has 0 aliphatic carbocycles. The summed E-state index contributed by atoms with van der Waals surface area (Å²) in [5, 5.41) is 4.36. The van der Waals surface area contributed by atoms with Crippen LogP contribution in [0.25, 0.3) is 43.8 Å². The molecule has 0 N–H and O–H groups in total. The summed E-state index contributed by atoms with van der Waals surface area (Å²) >= 11 is 0. The van der Waals surface area contributed by atoms with E-state index in [1.807, 2.05) is 66.7 Å². The average molecular weight is 348 g/mol. The predicted molar refractivity (Wildman–Crippen MR) is 112 cm³/mol. The van der Waals surface area contributed by atoms with Gasteiger partial charge in [0.15, 0.2) is 0 Å². The Kier molecular flexibility index (Phi) is 3.72. The van der Waals surface area contributed by atoms with Crippen LogP contribution < -0.4 is 0 Å². The third kappa shape index (κ3) is 2.60. The third-order valence-corrected chi connectivity index (χ3v) is 5.16. The second-order valence-electron chi connectivity index (χ2n) is 6.72. The molecular weight excluding hydrogens is 331 g/mol. The van der Waals surface area contributed by atoms with Crippen molar-refractivity contribution in [3.8, 4) is 22.3 Å². The minimum Gasteiger partial charge on any atom is -0.206 e. The van der Waals surface area contributed by atoms with Crippen molar-refractivity contribution in [2.45, 2.75) is 0 Å². The Balaban J connectivity index is 1.78. The molecule has 0 saturated carbocycles. The van der Waals surface area contributed by atoms with E-state index in [0.29, 0.717) is 11.1 Å². The van der Waals surface area contributed by atoms with Crippen LogP contribution in [-0.4, -0.2) is 0 Å². The lowest BCUT2D eigenvalue weighted by molar-refractivity contribution is 0.635. The number of benzene rings is 5. The van der Waals surface area contributed by atoms with E-state index in [0.717, 1.165) is 32.7 Å². The zero-order chi connectivity index (χ0) is 18.2. The number of fused-ring (bicyclic) bond motifs is 2. The summed E-state index contributed by atoms with van der Waals surface area (Å²) in [7, 11) is 0. The summed E-state index contributed by atoms with van der Waals surface area (Å²) in [6.07, 6.45) is 0. The van der Waals surface area contributed by atoms with Crippen LogP contribution in [0, 0.1) is 5.82 Å². The van der Waals surface area contributed by atoms with Gasteiger partial charge in [-0.25, -0.2) is 4.39 Å². The molecule has 0 atom stereocenters. The Bertz CT molecular complexity index is 1180. The van der Waals surface area contributed by atoms with Gasteiger partial charge in [-0.05, 0) is 32.7 Å². The van der Waals surface area contributed by atoms with E-state index in [1.54, 1.807) is 0 Å². The van der Waals surface area contributed by atoms with Crippen molar-refractivity contribution in [2.75, 3.05) is 0 Å². The lowest BCUT2D eigenvalue weighted by atomic mass is 9.92. The normalized spacial score (nSPS) is 11.1. The fourth-order valence-corrected chi connectivity index (χ4v) is 3.87. The topological polar surface area (TPSA) is 0 Å². The van der Waals surface area contributed by atoms with E-state index in [-0.39, 0.29) is 5.82 Å². The molecule has 0 nitrogen and oxygen atoms in total. The first-order chi connectivity index (χ1) is 13.3. The average Bonchev–Trinajstić information content (AvgIpc) is 2.73. The first kappa shape index (κ1) is 15.8. The van der Waals surface area contributed by atoms with Crippen LogP contribution >= 0.6 is 0 Å². The first-order valence-electron chi connectivity index (χ1n) is 9.08. The summed E-state index contributed by atoms with van der Waals surface area (Å²) in [5.41, 5.74) is 3.12. The van der Waals surface area contributed by atoms with Gasteiger partial charge in [0.05, 0.1) is 0 Å². The van der Waals surface area contributed by atoms with Gasteiger partial charge < -0.3 is 0 Å². The highest BCUT2D eigenvalue weighted by Gasteiger charge is 2.15. The minimum absolute atomic E-state index is 0.176. The molecule has 5 aromatic carbocycles. The second-order valence-corrected chi connectivity index (χ2v) is 6.72. The Morgan fingerprint density at radius 1 is 0.370 bits per heavy atom. The van der Waals surface area contributed by atoms with Gasteiger partial charge in [0.2, 0.25) is 0 Å². The SMILES string of the molecule is Fc1c(-c2cccc3ccccc23)cccc1-c1cccc2ccccc12. The summed E-state index contributed by atoms with van der Waals surface area (Å²) in [6, 6.07) is 34.0. The van der Waals surface area contributed by atoms with Crippen molar-refractivity contribution < 1.29 is 4.39 Å². The highest BCUT2D eigenvalue weighted by Crippen LogP contribution is 2.37. The van der Waals surface area contributed by atoms with Crippen molar-refractivity contribution in [1.82, 2.24) is 0 Å². The first-order valence-corrected chi connectivity index (χ1v) is 9.08. The molecule has 0 amide bonds. The van der Waals surface area contributed by atoms with E-state index in [1.165, 1.54) is 0 Å². The van der Waals surface area contributed by atoms with Gasteiger partial charge in [0.25, 0.3) is 0 Å². The van der Waals surface area contributed by atoms with Crippen molar-refractivity contribution in [1.29, 1.82) is 0 Å². The molecule has 0 radical (unpaired) electrons. The van der Waals surface area contributed by atoms with Gasteiger partial charge >= 0.3 is 0 Å². The molecule has 5 rings (SSSR count). The van der Waals surface area contributed by atoms with Crippen molar-refractivity contribution in [3.05, 3.63) is 109 Å². The summed E-state index contributed by atoms with van der Waals surface area (Å²) < 4.78 is 15.7. The van der Waals surface area contributed by atoms with Gasteiger partial charge in [-0.1, -0.05) is 103 Å². The zero-order valence-electron chi connectivity index (χ0n) is 14.7. The van der Waals surface area contributed by atoms with Gasteiger partial charge in [0, 0.05) is 11.1 Å².